The van der Waals surface area contributed by atoms with Gasteiger partial charge in [0.1, 0.15) is 5.69 Å². The van der Waals surface area contributed by atoms with Gasteiger partial charge in [-0.1, -0.05) is 30.3 Å². The molecule has 1 aliphatic rings. The van der Waals surface area contributed by atoms with Crippen LogP contribution < -0.4 is 10.2 Å². The van der Waals surface area contributed by atoms with Gasteiger partial charge in [-0.25, -0.2) is 4.98 Å². The number of nitrogens with one attached hydrogen (secondary N) is 2. The van der Waals surface area contributed by atoms with Gasteiger partial charge in [0.25, 0.3) is 5.91 Å². The highest BCUT2D eigenvalue weighted by molar-refractivity contribution is 6.09. The van der Waals surface area contributed by atoms with Gasteiger partial charge in [-0.05, 0) is 48.9 Å². The second kappa shape index (κ2) is 7.95. The number of nitrogens with zero attached hydrogens (tertiary/aromatic N) is 3. The minimum atomic E-state index is 0.0569. The first-order valence-electron chi connectivity index (χ1n) is 10.9. The maximum Gasteiger partial charge on any atom is 0.270 e. The third-order valence-corrected chi connectivity index (χ3v) is 5.86. The van der Waals surface area contributed by atoms with E-state index in [4.69, 9.17) is 0 Å². The van der Waals surface area contributed by atoms with Crippen molar-refractivity contribution in [2.75, 3.05) is 36.4 Å². The average Bonchev–Trinajstić information content (AvgIpc) is 3.24. The summed E-state index contributed by atoms with van der Waals surface area (Å²) < 4.78 is 0. The molecule has 2 aromatic heterocycles. The van der Waals surface area contributed by atoms with E-state index in [9.17, 15) is 4.79 Å². The number of amides is 1. The van der Waals surface area contributed by atoms with E-state index in [1.165, 1.54) is 10.8 Å². The molecule has 1 amide bonds. The highest BCUT2D eigenvalue weighted by Gasteiger charge is 2.25. The Balaban J connectivity index is 1.33. The molecule has 2 N–H and O–H groups in total. The molecule has 6 nitrogen and oxygen atoms in total. The molecule has 0 saturated carbocycles. The van der Waals surface area contributed by atoms with Gasteiger partial charge in [-0.3, -0.25) is 4.79 Å². The van der Waals surface area contributed by atoms with Crippen LogP contribution in [0.15, 0.2) is 60.8 Å². The molecular formula is C25H27N5O. The molecule has 31 heavy (non-hydrogen) atoms. The van der Waals surface area contributed by atoms with Crippen molar-refractivity contribution in [3.8, 4) is 0 Å². The van der Waals surface area contributed by atoms with Crippen LogP contribution in [0.5, 0.6) is 0 Å². The van der Waals surface area contributed by atoms with Crippen LogP contribution in [0.4, 0.5) is 11.5 Å². The van der Waals surface area contributed by atoms with E-state index in [0.29, 0.717) is 24.8 Å². The van der Waals surface area contributed by atoms with E-state index in [0.717, 1.165) is 35.5 Å². The average molecular weight is 414 g/mol. The molecule has 0 spiro atoms. The van der Waals surface area contributed by atoms with Crippen LogP contribution >= 0.6 is 0 Å². The Morgan fingerprint density at radius 2 is 1.81 bits per heavy atom. The summed E-state index contributed by atoms with van der Waals surface area (Å²) in [4.78, 5) is 25.3. The van der Waals surface area contributed by atoms with Crippen LogP contribution in [0.25, 0.3) is 21.7 Å². The van der Waals surface area contributed by atoms with Gasteiger partial charge in [-0.2, -0.15) is 0 Å². The number of aromatic amines is 1. The second-order valence-electron chi connectivity index (χ2n) is 8.38. The lowest BCUT2D eigenvalue weighted by molar-refractivity contribution is 0.0741. The molecule has 1 fully saturated rings. The Bertz CT molecular complexity index is 1240. The Labute approximate surface area is 181 Å². The van der Waals surface area contributed by atoms with Crippen LogP contribution in [0.3, 0.4) is 0 Å². The van der Waals surface area contributed by atoms with Crippen molar-refractivity contribution in [3.05, 3.63) is 66.5 Å². The predicted octanol–water partition coefficient (Wildman–Crippen LogP) is 4.50. The predicted molar refractivity (Wildman–Crippen MR) is 127 cm³/mol. The van der Waals surface area contributed by atoms with Gasteiger partial charge in [0.2, 0.25) is 0 Å². The lowest BCUT2D eigenvalue weighted by atomic mass is 10.1. The zero-order chi connectivity index (χ0) is 21.4. The van der Waals surface area contributed by atoms with E-state index in [1.807, 2.05) is 35.4 Å². The number of anilines is 2. The Hall–Kier alpha value is -3.54. The standard InChI is InChI=1S/C25H27N5O/c1-17(2)27-22-8-5-11-26-24(22)29-12-14-30(15-13-29)25(31)23-16-20-19-7-4-3-6-18(19)9-10-21(20)28-23/h3-11,16-17,27-28H,12-15H2,1-2H3. The second-order valence-corrected chi connectivity index (χ2v) is 8.38. The zero-order valence-corrected chi connectivity index (χ0v) is 17.9. The molecule has 4 aromatic rings. The molecule has 0 bridgehead atoms. The van der Waals surface area contributed by atoms with Crippen molar-refractivity contribution in [1.82, 2.24) is 14.9 Å². The third kappa shape index (κ3) is 3.69. The van der Waals surface area contributed by atoms with Crippen molar-refractivity contribution in [2.45, 2.75) is 19.9 Å². The number of H-pyrrole nitrogens is 1. The number of pyridine rings is 1. The number of rotatable bonds is 4. The number of benzene rings is 2. The summed E-state index contributed by atoms with van der Waals surface area (Å²) >= 11 is 0. The summed E-state index contributed by atoms with van der Waals surface area (Å²) in [6, 6.07) is 18.8. The molecule has 5 rings (SSSR count). The van der Waals surface area contributed by atoms with Gasteiger partial charge in [-0.15, -0.1) is 0 Å². The number of hydrogen-bond donors (Lipinski definition) is 2. The van der Waals surface area contributed by atoms with E-state index in [2.05, 4.69) is 64.4 Å². The smallest absolute Gasteiger partial charge is 0.270 e. The number of carbonyl (C=O) groups excluding carboxylic acids is 1. The van der Waals surface area contributed by atoms with Crippen molar-refractivity contribution in [3.63, 3.8) is 0 Å². The summed E-state index contributed by atoms with van der Waals surface area (Å²) in [6.07, 6.45) is 1.83. The van der Waals surface area contributed by atoms with Gasteiger partial charge < -0.3 is 20.1 Å². The molecule has 0 atom stereocenters. The molecule has 1 aliphatic heterocycles. The topological polar surface area (TPSA) is 64.3 Å². The van der Waals surface area contributed by atoms with Crippen molar-refractivity contribution in [1.29, 1.82) is 0 Å². The number of hydrogen-bond acceptors (Lipinski definition) is 4. The monoisotopic (exact) mass is 413 g/mol. The summed E-state index contributed by atoms with van der Waals surface area (Å²) in [5.41, 5.74) is 2.69. The Morgan fingerprint density at radius 3 is 2.61 bits per heavy atom. The maximum absolute atomic E-state index is 13.2. The molecule has 0 aliphatic carbocycles. The highest BCUT2D eigenvalue weighted by Crippen LogP contribution is 2.28. The molecule has 1 saturated heterocycles. The number of aromatic nitrogens is 2. The Morgan fingerprint density at radius 1 is 1.00 bits per heavy atom. The Kier molecular flexibility index (Phi) is 4.98. The minimum absolute atomic E-state index is 0.0569. The zero-order valence-electron chi connectivity index (χ0n) is 17.9. The molecule has 0 radical (unpaired) electrons. The van der Waals surface area contributed by atoms with Crippen molar-refractivity contribution in [2.24, 2.45) is 0 Å². The SMILES string of the molecule is CC(C)Nc1cccnc1N1CCN(C(=O)c2cc3c(ccc4ccccc43)[nH]2)CC1. The molecule has 3 heterocycles. The largest absolute Gasteiger partial charge is 0.380 e. The summed E-state index contributed by atoms with van der Waals surface area (Å²) in [5, 5.41) is 6.92. The van der Waals surface area contributed by atoms with Crippen LogP contribution in [0.2, 0.25) is 0 Å². The number of carbonyl (C=O) groups is 1. The molecule has 6 heteroatoms. The summed E-state index contributed by atoms with van der Waals surface area (Å²) in [6.45, 7) is 7.12. The summed E-state index contributed by atoms with van der Waals surface area (Å²) in [5.74, 6) is 1.02. The van der Waals surface area contributed by atoms with Crippen LogP contribution in [0, 0.1) is 0 Å². The fraction of sp³-hybridized carbons (Fsp3) is 0.280. The molecule has 0 unspecified atom stereocenters. The van der Waals surface area contributed by atoms with E-state index >= 15 is 0 Å². The first-order valence-corrected chi connectivity index (χ1v) is 10.9. The van der Waals surface area contributed by atoms with E-state index in [1.54, 1.807) is 0 Å². The van der Waals surface area contributed by atoms with Crippen molar-refractivity contribution < 1.29 is 4.79 Å². The first-order chi connectivity index (χ1) is 15.1. The number of fused-ring (bicyclic) bond motifs is 3. The first kappa shape index (κ1) is 19.4. The quantitative estimate of drug-likeness (QED) is 0.517. The molecule has 158 valence electrons. The van der Waals surface area contributed by atoms with Gasteiger partial charge in [0.15, 0.2) is 5.82 Å². The minimum Gasteiger partial charge on any atom is -0.380 e. The van der Waals surface area contributed by atoms with Crippen LogP contribution in [-0.2, 0) is 0 Å². The van der Waals surface area contributed by atoms with Crippen molar-refractivity contribution >= 4 is 39.1 Å². The lowest BCUT2D eigenvalue weighted by Crippen LogP contribution is -2.49. The van der Waals surface area contributed by atoms with Gasteiger partial charge in [0.05, 0.1) is 5.69 Å². The van der Waals surface area contributed by atoms with Gasteiger partial charge >= 0.3 is 0 Å². The fourth-order valence-electron chi connectivity index (χ4n) is 4.37. The highest BCUT2D eigenvalue weighted by atomic mass is 16.2. The van der Waals surface area contributed by atoms with Gasteiger partial charge in [0, 0.05) is 49.3 Å². The van der Waals surface area contributed by atoms with E-state index in [-0.39, 0.29) is 5.91 Å². The maximum atomic E-state index is 13.2. The lowest BCUT2D eigenvalue weighted by Gasteiger charge is -2.36. The molecule has 2 aromatic carbocycles. The third-order valence-electron chi connectivity index (χ3n) is 5.86. The summed E-state index contributed by atoms with van der Waals surface area (Å²) in [7, 11) is 0. The van der Waals surface area contributed by atoms with E-state index < -0.39 is 0 Å². The fourth-order valence-corrected chi connectivity index (χ4v) is 4.37. The molecular weight excluding hydrogens is 386 g/mol. The van der Waals surface area contributed by atoms with Crippen LogP contribution in [0.1, 0.15) is 24.3 Å². The number of piperazine rings is 1. The van der Waals surface area contributed by atoms with Crippen LogP contribution in [-0.4, -0.2) is 53.0 Å². The normalized spacial score (nSPS) is 14.5.